The Bertz CT molecular complexity index is 488. The molecule has 0 saturated heterocycles. The molecule has 1 N–H and O–H groups in total. The highest BCUT2D eigenvalue weighted by molar-refractivity contribution is 5.44. The molecule has 0 saturated carbocycles. The van der Waals surface area contributed by atoms with Gasteiger partial charge in [0.15, 0.2) is 0 Å². The van der Waals surface area contributed by atoms with Gasteiger partial charge in [-0.1, -0.05) is 13.8 Å². The van der Waals surface area contributed by atoms with Crippen LogP contribution in [0.3, 0.4) is 0 Å². The molecule has 4 heteroatoms. The van der Waals surface area contributed by atoms with Gasteiger partial charge in [0.05, 0.1) is 11.9 Å². The smallest absolute Gasteiger partial charge is 0.207 e. The quantitative estimate of drug-likeness (QED) is 0.878. The first-order chi connectivity index (χ1) is 8.18. The Hall–Kier alpha value is -1.84. The third kappa shape index (κ3) is 2.64. The van der Waals surface area contributed by atoms with Crippen LogP contribution in [0.1, 0.15) is 19.4 Å². The van der Waals surface area contributed by atoms with Gasteiger partial charge in [-0.3, -0.25) is 9.55 Å². The third-order valence-corrected chi connectivity index (χ3v) is 2.58. The second-order valence-electron chi connectivity index (χ2n) is 4.56. The van der Waals surface area contributed by atoms with Crippen molar-refractivity contribution in [3.63, 3.8) is 0 Å². The van der Waals surface area contributed by atoms with E-state index in [0.29, 0.717) is 5.92 Å². The lowest BCUT2D eigenvalue weighted by atomic mass is 10.2. The van der Waals surface area contributed by atoms with Gasteiger partial charge in [0, 0.05) is 25.1 Å². The topological polar surface area (TPSA) is 42.7 Å². The van der Waals surface area contributed by atoms with E-state index in [0.717, 1.165) is 18.2 Å². The van der Waals surface area contributed by atoms with Crippen molar-refractivity contribution in [3.8, 4) is 5.69 Å². The minimum Gasteiger partial charge on any atom is -0.355 e. The van der Waals surface area contributed by atoms with Gasteiger partial charge in [0.1, 0.15) is 0 Å². The Labute approximate surface area is 102 Å². The molecule has 0 fully saturated rings. The average Bonchev–Trinajstić information content (AvgIpc) is 2.75. The van der Waals surface area contributed by atoms with Crippen LogP contribution in [0.4, 0.5) is 5.95 Å². The number of aryl methyl sites for hydroxylation is 1. The van der Waals surface area contributed by atoms with E-state index < -0.39 is 0 Å². The van der Waals surface area contributed by atoms with Gasteiger partial charge >= 0.3 is 0 Å². The van der Waals surface area contributed by atoms with E-state index in [1.54, 1.807) is 12.4 Å². The summed E-state index contributed by atoms with van der Waals surface area (Å²) in [5.74, 6) is 1.46. The Morgan fingerprint density at radius 2 is 2.18 bits per heavy atom. The summed E-state index contributed by atoms with van der Waals surface area (Å²) < 4.78 is 2.03. The highest BCUT2D eigenvalue weighted by Crippen LogP contribution is 2.17. The molecule has 0 aliphatic rings. The van der Waals surface area contributed by atoms with Crippen LogP contribution < -0.4 is 5.32 Å². The van der Waals surface area contributed by atoms with Crippen LogP contribution >= 0.6 is 0 Å². The summed E-state index contributed by atoms with van der Waals surface area (Å²) in [6, 6.07) is 2.00. The zero-order valence-corrected chi connectivity index (χ0v) is 10.5. The lowest BCUT2D eigenvalue weighted by molar-refractivity contribution is 0.683. The minimum absolute atomic E-state index is 0.593. The van der Waals surface area contributed by atoms with Crippen LogP contribution in [0.2, 0.25) is 0 Å². The highest BCUT2D eigenvalue weighted by atomic mass is 15.2. The molecule has 0 bridgehead atoms. The van der Waals surface area contributed by atoms with Gasteiger partial charge in [-0.05, 0) is 24.5 Å². The summed E-state index contributed by atoms with van der Waals surface area (Å²) in [6.07, 6.45) is 7.41. The van der Waals surface area contributed by atoms with Crippen molar-refractivity contribution in [2.45, 2.75) is 20.8 Å². The maximum absolute atomic E-state index is 4.33. The van der Waals surface area contributed by atoms with Crippen molar-refractivity contribution in [2.75, 3.05) is 11.9 Å². The van der Waals surface area contributed by atoms with E-state index in [9.17, 15) is 0 Å². The first kappa shape index (κ1) is 11.6. The van der Waals surface area contributed by atoms with Crippen LogP contribution in [0.5, 0.6) is 0 Å². The SMILES string of the molecule is Cc1ccncc1-n1ccnc1NCC(C)C. The van der Waals surface area contributed by atoms with Crippen LogP contribution in [0.15, 0.2) is 30.9 Å². The fourth-order valence-corrected chi connectivity index (χ4v) is 1.63. The monoisotopic (exact) mass is 230 g/mol. The normalized spacial score (nSPS) is 10.8. The molecule has 2 aromatic heterocycles. The number of rotatable bonds is 4. The first-order valence-corrected chi connectivity index (χ1v) is 5.86. The van der Waals surface area contributed by atoms with Crippen LogP contribution in [0.25, 0.3) is 5.69 Å². The molecule has 17 heavy (non-hydrogen) atoms. The lowest BCUT2D eigenvalue weighted by Gasteiger charge is -2.12. The molecule has 90 valence electrons. The summed E-state index contributed by atoms with van der Waals surface area (Å²) in [5, 5.41) is 3.34. The van der Waals surface area contributed by atoms with Gasteiger partial charge in [-0.2, -0.15) is 0 Å². The van der Waals surface area contributed by atoms with Crippen molar-refractivity contribution in [1.82, 2.24) is 14.5 Å². The molecule has 0 unspecified atom stereocenters. The summed E-state index contributed by atoms with van der Waals surface area (Å²) in [6.45, 7) is 7.34. The maximum Gasteiger partial charge on any atom is 0.207 e. The van der Waals surface area contributed by atoms with Gasteiger partial charge < -0.3 is 5.32 Å². The van der Waals surface area contributed by atoms with Gasteiger partial charge in [-0.25, -0.2) is 4.98 Å². The van der Waals surface area contributed by atoms with E-state index in [1.165, 1.54) is 5.56 Å². The van der Waals surface area contributed by atoms with Gasteiger partial charge in [-0.15, -0.1) is 0 Å². The van der Waals surface area contributed by atoms with E-state index in [-0.39, 0.29) is 0 Å². The zero-order valence-electron chi connectivity index (χ0n) is 10.5. The largest absolute Gasteiger partial charge is 0.355 e. The fraction of sp³-hybridized carbons (Fsp3) is 0.385. The Morgan fingerprint density at radius 1 is 1.35 bits per heavy atom. The van der Waals surface area contributed by atoms with Crippen molar-refractivity contribution < 1.29 is 0 Å². The molecular formula is C13H18N4. The van der Waals surface area contributed by atoms with Crippen molar-refractivity contribution in [3.05, 3.63) is 36.4 Å². The predicted molar refractivity (Wildman–Crippen MR) is 69.4 cm³/mol. The summed E-state index contributed by atoms with van der Waals surface area (Å²) in [4.78, 5) is 8.49. The highest BCUT2D eigenvalue weighted by Gasteiger charge is 2.07. The molecule has 2 aromatic rings. The lowest BCUT2D eigenvalue weighted by Crippen LogP contribution is -2.12. The molecule has 0 aliphatic heterocycles. The third-order valence-electron chi connectivity index (χ3n) is 2.58. The first-order valence-electron chi connectivity index (χ1n) is 5.86. The summed E-state index contributed by atoms with van der Waals surface area (Å²) in [7, 11) is 0. The molecule has 0 amide bonds. The standard InChI is InChI=1S/C13H18N4/c1-10(2)8-16-13-15-6-7-17(13)12-9-14-5-4-11(12)3/h4-7,9-10H,8H2,1-3H3,(H,15,16). The fourth-order valence-electron chi connectivity index (χ4n) is 1.63. The van der Waals surface area contributed by atoms with E-state index in [1.807, 2.05) is 23.0 Å². The number of nitrogens with zero attached hydrogens (tertiary/aromatic N) is 3. The minimum atomic E-state index is 0.593. The van der Waals surface area contributed by atoms with Gasteiger partial charge in [0.2, 0.25) is 5.95 Å². The summed E-state index contributed by atoms with van der Waals surface area (Å²) >= 11 is 0. The van der Waals surface area contributed by atoms with Gasteiger partial charge in [0.25, 0.3) is 0 Å². The molecule has 0 aromatic carbocycles. The molecular weight excluding hydrogens is 212 g/mol. The van der Waals surface area contributed by atoms with Crippen molar-refractivity contribution >= 4 is 5.95 Å². The maximum atomic E-state index is 4.33. The molecule has 0 atom stereocenters. The van der Waals surface area contributed by atoms with E-state index in [2.05, 4.69) is 36.1 Å². The second kappa shape index (κ2) is 4.99. The zero-order chi connectivity index (χ0) is 12.3. The van der Waals surface area contributed by atoms with Crippen LogP contribution in [0, 0.1) is 12.8 Å². The number of aromatic nitrogens is 3. The number of hydrogen-bond donors (Lipinski definition) is 1. The number of nitrogens with one attached hydrogen (secondary N) is 1. The van der Waals surface area contributed by atoms with Crippen LogP contribution in [-0.4, -0.2) is 21.1 Å². The van der Waals surface area contributed by atoms with Crippen molar-refractivity contribution in [2.24, 2.45) is 5.92 Å². The summed E-state index contributed by atoms with van der Waals surface area (Å²) in [5.41, 5.74) is 2.25. The number of imidazole rings is 1. The number of anilines is 1. The molecule has 2 rings (SSSR count). The molecule has 0 spiro atoms. The van der Waals surface area contributed by atoms with E-state index in [4.69, 9.17) is 0 Å². The molecule has 0 radical (unpaired) electrons. The Balaban J connectivity index is 2.28. The second-order valence-corrected chi connectivity index (χ2v) is 4.56. The van der Waals surface area contributed by atoms with Crippen molar-refractivity contribution in [1.29, 1.82) is 0 Å². The molecule has 4 nitrogen and oxygen atoms in total. The van der Waals surface area contributed by atoms with E-state index >= 15 is 0 Å². The predicted octanol–water partition coefficient (Wildman–Crippen LogP) is 2.64. The average molecular weight is 230 g/mol. The van der Waals surface area contributed by atoms with Crippen LogP contribution in [-0.2, 0) is 0 Å². The molecule has 0 aliphatic carbocycles. The number of pyridine rings is 1. The number of hydrogen-bond acceptors (Lipinski definition) is 3. The Morgan fingerprint density at radius 3 is 2.88 bits per heavy atom. The molecule has 2 heterocycles. The Kier molecular flexibility index (Phi) is 3.42.